The standard InChI is InChI=1S/C21H20F2N2O2/c22-17-10-16-19(11-18(17)23)24-12-20(16)25-21(26)13-5-4-8-15(9-13)27-14-6-2-1-3-7-14/h4-5,8-12,14,24H,1-3,6-7H2,(H,25,26). The number of amides is 1. The van der Waals surface area contributed by atoms with Gasteiger partial charge < -0.3 is 15.0 Å². The average molecular weight is 370 g/mol. The number of anilines is 1. The molecule has 2 aromatic carbocycles. The fraction of sp³-hybridized carbons (Fsp3) is 0.286. The van der Waals surface area contributed by atoms with Gasteiger partial charge in [-0.25, -0.2) is 8.78 Å². The molecule has 0 atom stereocenters. The first-order valence-corrected chi connectivity index (χ1v) is 9.14. The summed E-state index contributed by atoms with van der Waals surface area (Å²) < 4.78 is 32.9. The molecule has 0 bridgehead atoms. The minimum absolute atomic E-state index is 0.198. The number of aromatic amines is 1. The zero-order chi connectivity index (χ0) is 18.8. The Morgan fingerprint density at radius 2 is 1.85 bits per heavy atom. The van der Waals surface area contributed by atoms with Crippen LogP contribution in [0.4, 0.5) is 14.5 Å². The molecule has 1 heterocycles. The van der Waals surface area contributed by atoms with Gasteiger partial charge in [-0.1, -0.05) is 12.5 Å². The number of carbonyl (C=O) groups excluding carboxylic acids is 1. The van der Waals surface area contributed by atoms with Crippen LogP contribution in [0.15, 0.2) is 42.6 Å². The van der Waals surface area contributed by atoms with Gasteiger partial charge in [0.1, 0.15) is 5.75 Å². The number of nitrogens with one attached hydrogen (secondary N) is 2. The number of halogens is 2. The lowest BCUT2D eigenvalue weighted by Gasteiger charge is -2.23. The second-order valence-corrected chi connectivity index (χ2v) is 6.87. The Labute approximate surface area is 155 Å². The second-order valence-electron chi connectivity index (χ2n) is 6.87. The van der Waals surface area contributed by atoms with E-state index in [4.69, 9.17) is 4.74 Å². The quantitative estimate of drug-likeness (QED) is 0.645. The largest absolute Gasteiger partial charge is 0.490 e. The summed E-state index contributed by atoms with van der Waals surface area (Å²) in [6.45, 7) is 0. The van der Waals surface area contributed by atoms with Crippen LogP contribution in [-0.2, 0) is 0 Å². The molecule has 4 nitrogen and oxygen atoms in total. The summed E-state index contributed by atoms with van der Waals surface area (Å²) in [4.78, 5) is 15.4. The Balaban J connectivity index is 1.51. The van der Waals surface area contributed by atoms with Crippen LogP contribution >= 0.6 is 0 Å². The van der Waals surface area contributed by atoms with Gasteiger partial charge in [-0.05, 0) is 49.9 Å². The zero-order valence-corrected chi connectivity index (χ0v) is 14.7. The van der Waals surface area contributed by atoms with Crippen molar-refractivity contribution in [3.05, 3.63) is 59.8 Å². The molecule has 0 aliphatic heterocycles. The van der Waals surface area contributed by atoms with E-state index in [0.717, 1.165) is 25.0 Å². The van der Waals surface area contributed by atoms with Gasteiger partial charge in [0, 0.05) is 23.2 Å². The summed E-state index contributed by atoms with van der Waals surface area (Å²) in [7, 11) is 0. The minimum Gasteiger partial charge on any atom is -0.490 e. The van der Waals surface area contributed by atoms with Crippen molar-refractivity contribution in [2.45, 2.75) is 38.2 Å². The van der Waals surface area contributed by atoms with Gasteiger partial charge in [-0.3, -0.25) is 4.79 Å². The maximum Gasteiger partial charge on any atom is 0.255 e. The molecule has 0 spiro atoms. The summed E-state index contributed by atoms with van der Waals surface area (Å²) in [6, 6.07) is 9.15. The van der Waals surface area contributed by atoms with Crippen LogP contribution in [0.3, 0.4) is 0 Å². The number of fused-ring (bicyclic) bond motifs is 1. The molecule has 0 unspecified atom stereocenters. The lowest BCUT2D eigenvalue weighted by Crippen LogP contribution is -2.20. The van der Waals surface area contributed by atoms with Crippen LogP contribution in [-0.4, -0.2) is 17.0 Å². The van der Waals surface area contributed by atoms with Crippen molar-refractivity contribution in [3.8, 4) is 5.75 Å². The fourth-order valence-electron chi connectivity index (χ4n) is 3.50. The minimum atomic E-state index is -0.958. The van der Waals surface area contributed by atoms with Gasteiger partial charge in [0.15, 0.2) is 11.6 Å². The van der Waals surface area contributed by atoms with Gasteiger partial charge in [-0.2, -0.15) is 0 Å². The van der Waals surface area contributed by atoms with Gasteiger partial charge in [0.05, 0.1) is 17.3 Å². The Morgan fingerprint density at radius 1 is 1.07 bits per heavy atom. The Bertz CT molecular complexity index is 977. The van der Waals surface area contributed by atoms with E-state index >= 15 is 0 Å². The molecule has 4 rings (SSSR count). The number of ether oxygens (including phenoxy) is 1. The van der Waals surface area contributed by atoms with E-state index in [1.165, 1.54) is 25.5 Å². The van der Waals surface area contributed by atoms with Crippen molar-refractivity contribution in [1.82, 2.24) is 4.98 Å². The third-order valence-corrected chi connectivity index (χ3v) is 4.92. The van der Waals surface area contributed by atoms with Crippen LogP contribution in [0, 0.1) is 11.6 Å². The molecule has 1 fully saturated rings. The number of hydrogen-bond donors (Lipinski definition) is 2. The monoisotopic (exact) mass is 370 g/mol. The molecule has 1 aliphatic carbocycles. The molecular weight excluding hydrogens is 350 g/mol. The van der Waals surface area contributed by atoms with Crippen LogP contribution in [0.1, 0.15) is 42.5 Å². The van der Waals surface area contributed by atoms with Crippen molar-refractivity contribution in [1.29, 1.82) is 0 Å². The number of benzene rings is 2. The summed E-state index contributed by atoms with van der Waals surface area (Å²) in [6.07, 6.45) is 7.37. The molecule has 1 aromatic heterocycles. The van der Waals surface area contributed by atoms with E-state index in [0.29, 0.717) is 27.9 Å². The van der Waals surface area contributed by atoms with Crippen molar-refractivity contribution in [3.63, 3.8) is 0 Å². The highest BCUT2D eigenvalue weighted by atomic mass is 19.2. The number of rotatable bonds is 4. The van der Waals surface area contributed by atoms with E-state index in [1.54, 1.807) is 18.2 Å². The maximum atomic E-state index is 13.5. The third-order valence-electron chi connectivity index (χ3n) is 4.92. The molecule has 1 saturated carbocycles. The fourth-order valence-corrected chi connectivity index (χ4v) is 3.50. The normalized spacial score (nSPS) is 15.0. The predicted molar refractivity (Wildman–Crippen MR) is 100 cm³/mol. The smallest absolute Gasteiger partial charge is 0.255 e. The van der Waals surface area contributed by atoms with Gasteiger partial charge in [0.2, 0.25) is 0 Å². The van der Waals surface area contributed by atoms with Crippen LogP contribution in [0.2, 0.25) is 0 Å². The zero-order valence-electron chi connectivity index (χ0n) is 14.7. The summed E-state index contributed by atoms with van der Waals surface area (Å²) in [5.74, 6) is -1.56. The van der Waals surface area contributed by atoms with Crippen LogP contribution < -0.4 is 10.1 Å². The van der Waals surface area contributed by atoms with Gasteiger partial charge >= 0.3 is 0 Å². The molecular formula is C21H20F2N2O2. The average Bonchev–Trinajstić information content (AvgIpc) is 3.05. The molecule has 3 aromatic rings. The Kier molecular flexibility index (Phi) is 4.79. The summed E-state index contributed by atoms with van der Waals surface area (Å²) >= 11 is 0. The number of aromatic nitrogens is 1. The number of hydrogen-bond acceptors (Lipinski definition) is 2. The first kappa shape index (κ1) is 17.5. The van der Waals surface area contributed by atoms with Crippen molar-refractivity contribution < 1.29 is 18.3 Å². The molecule has 27 heavy (non-hydrogen) atoms. The Morgan fingerprint density at radius 3 is 2.67 bits per heavy atom. The summed E-state index contributed by atoms with van der Waals surface area (Å²) in [5, 5.41) is 3.16. The highest BCUT2D eigenvalue weighted by molar-refractivity contribution is 6.09. The van der Waals surface area contributed by atoms with Gasteiger partial charge in [-0.15, -0.1) is 0 Å². The summed E-state index contributed by atoms with van der Waals surface area (Å²) in [5.41, 5.74) is 1.26. The lowest BCUT2D eigenvalue weighted by atomic mass is 9.98. The third kappa shape index (κ3) is 3.79. The van der Waals surface area contributed by atoms with E-state index < -0.39 is 11.6 Å². The van der Waals surface area contributed by atoms with E-state index in [9.17, 15) is 13.6 Å². The highest BCUT2D eigenvalue weighted by Gasteiger charge is 2.16. The lowest BCUT2D eigenvalue weighted by molar-refractivity contribution is 0.102. The molecule has 0 saturated heterocycles. The highest BCUT2D eigenvalue weighted by Crippen LogP contribution is 2.27. The van der Waals surface area contributed by atoms with Crippen molar-refractivity contribution in [2.75, 3.05) is 5.32 Å². The van der Waals surface area contributed by atoms with E-state index in [-0.39, 0.29) is 12.0 Å². The van der Waals surface area contributed by atoms with Crippen molar-refractivity contribution >= 4 is 22.5 Å². The molecule has 2 N–H and O–H groups in total. The molecule has 1 amide bonds. The number of H-pyrrole nitrogens is 1. The van der Waals surface area contributed by atoms with E-state index in [1.807, 2.05) is 6.07 Å². The number of carbonyl (C=O) groups is 1. The molecule has 6 heteroatoms. The Hall–Kier alpha value is -2.89. The first-order chi connectivity index (χ1) is 13.1. The van der Waals surface area contributed by atoms with Crippen LogP contribution in [0.5, 0.6) is 5.75 Å². The van der Waals surface area contributed by atoms with Gasteiger partial charge in [0.25, 0.3) is 5.91 Å². The van der Waals surface area contributed by atoms with E-state index in [2.05, 4.69) is 10.3 Å². The first-order valence-electron chi connectivity index (χ1n) is 9.14. The van der Waals surface area contributed by atoms with Crippen LogP contribution in [0.25, 0.3) is 10.9 Å². The topological polar surface area (TPSA) is 54.1 Å². The predicted octanol–water partition coefficient (Wildman–Crippen LogP) is 5.41. The van der Waals surface area contributed by atoms with Crippen molar-refractivity contribution in [2.24, 2.45) is 0 Å². The maximum absolute atomic E-state index is 13.5. The molecule has 0 radical (unpaired) electrons. The second kappa shape index (κ2) is 7.39. The molecule has 140 valence electrons. The molecule has 1 aliphatic rings. The SMILES string of the molecule is O=C(Nc1c[nH]c2cc(F)c(F)cc12)c1cccc(OC2CCCCC2)c1.